The summed E-state index contributed by atoms with van der Waals surface area (Å²) >= 11 is 0. The first-order valence-electron chi connectivity index (χ1n) is 9.71. The van der Waals surface area contributed by atoms with Crippen molar-refractivity contribution in [1.29, 1.82) is 0 Å². The van der Waals surface area contributed by atoms with Gasteiger partial charge in [-0.2, -0.15) is 8.42 Å². The molecule has 0 bridgehead atoms. The number of nitrogens with two attached hydrogens (primary N) is 1. The van der Waals surface area contributed by atoms with Crippen LogP contribution in [0.4, 0.5) is 10.1 Å². The molecule has 5 nitrogen and oxygen atoms in total. The summed E-state index contributed by atoms with van der Waals surface area (Å²) in [6, 6.07) is 10.7. The lowest BCUT2D eigenvalue weighted by Gasteiger charge is -2.22. The van der Waals surface area contributed by atoms with Crippen LogP contribution in [0.25, 0.3) is 0 Å². The fraction of sp³-hybridized carbons (Fsp3) is 0.429. The van der Waals surface area contributed by atoms with Crippen molar-refractivity contribution < 1.29 is 22.3 Å². The average Bonchev–Trinajstić information content (AvgIpc) is 2.68. The van der Waals surface area contributed by atoms with E-state index >= 15 is 0 Å². The minimum atomic E-state index is -4.05. The fourth-order valence-electron chi connectivity index (χ4n) is 2.84. The monoisotopic (exact) mass is 409 g/mol. The van der Waals surface area contributed by atoms with E-state index in [4.69, 9.17) is 4.18 Å². The van der Waals surface area contributed by atoms with Crippen LogP contribution >= 0.6 is 0 Å². The molecule has 0 aliphatic heterocycles. The molecule has 0 aliphatic rings. The van der Waals surface area contributed by atoms with Gasteiger partial charge in [0.05, 0.1) is 11.6 Å². The molecule has 2 N–H and O–H groups in total. The zero-order valence-electron chi connectivity index (χ0n) is 17.0. The quantitative estimate of drug-likeness (QED) is 0.612. The predicted molar refractivity (Wildman–Crippen MR) is 110 cm³/mol. The Morgan fingerprint density at radius 2 is 1.71 bits per heavy atom. The number of halogens is 1. The van der Waals surface area contributed by atoms with Crippen molar-refractivity contribution in [3.8, 4) is 5.75 Å². The molecule has 0 heterocycles. The molecule has 2 aromatic rings. The second-order valence-electron chi connectivity index (χ2n) is 6.78. The topological polar surface area (TPSA) is 63.2 Å². The molecule has 2 aromatic carbocycles. The molecule has 0 amide bonds. The van der Waals surface area contributed by atoms with E-state index in [-0.39, 0.29) is 4.90 Å². The molecule has 0 spiro atoms. The molecule has 28 heavy (non-hydrogen) atoms. The average molecular weight is 410 g/mol. The highest BCUT2D eigenvalue weighted by Crippen LogP contribution is 2.28. The molecule has 154 valence electrons. The van der Waals surface area contributed by atoms with Crippen LogP contribution < -0.4 is 14.4 Å². The lowest BCUT2D eigenvalue weighted by molar-refractivity contribution is -0.701. The summed E-state index contributed by atoms with van der Waals surface area (Å²) in [6.45, 7) is 10.6. The Morgan fingerprint density at radius 1 is 1.07 bits per heavy atom. The third-order valence-electron chi connectivity index (χ3n) is 4.87. The smallest absolute Gasteiger partial charge is 0.339 e. The Kier molecular flexibility index (Phi) is 7.83. The lowest BCUT2D eigenvalue weighted by atomic mass is 10.1. The molecule has 0 unspecified atom stereocenters. The van der Waals surface area contributed by atoms with E-state index in [1.54, 1.807) is 6.07 Å². The van der Waals surface area contributed by atoms with Crippen molar-refractivity contribution in [1.82, 2.24) is 0 Å². The molecule has 0 saturated heterocycles. The highest BCUT2D eigenvalue weighted by Gasteiger charge is 2.20. The Labute approximate surface area is 167 Å². The first-order valence-corrected chi connectivity index (χ1v) is 11.1. The van der Waals surface area contributed by atoms with Crippen molar-refractivity contribution in [3.05, 3.63) is 53.8 Å². The molecule has 0 radical (unpaired) electrons. The van der Waals surface area contributed by atoms with Gasteiger partial charge < -0.3 is 14.4 Å². The van der Waals surface area contributed by atoms with Crippen molar-refractivity contribution in [3.63, 3.8) is 0 Å². The molecule has 1 atom stereocenters. The summed E-state index contributed by atoms with van der Waals surface area (Å²) in [5.41, 5.74) is 1.71. The largest absolute Gasteiger partial charge is 0.378 e. The maximum atomic E-state index is 13.1. The Morgan fingerprint density at radius 3 is 2.29 bits per heavy atom. The van der Waals surface area contributed by atoms with Gasteiger partial charge >= 0.3 is 10.1 Å². The zero-order chi connectivity index (χ0) is 20.7. The van der Waals surface area contributed by atoms with Crippen LogP contribution in [0.15, 0.2) is 47.4 Å². The Bertz CT molecular complexity index is 866. The van der Waals surface area contributed by atoms with Crippen LogP contribution in [0.3, 0.4) is 0 Å². The van der Waals surface area contributed by atoms with Gasteiger partial charge in [0, 0.05) is 24.8 Å². The van der Waals surface area contributed by atoms with E-state index in [2.05, 4.69) is 24.1 Å². The van der Waals surface area contributed by atoms with Crippen LogP contribution in [0.1, 0.15) is 39.7 Å². The van der Waals surface area contributed by atoms with E-state index in [9.17, 15) is 12.8 Å². The second kappa shape index (κ2) is 9.89. The summed E-state index contributed by atoms with van der Waals surface area (Å²) in [6.07, 6.45) is 1.02. The summed E-state index contributed by atoms with van der Waals surface area (Å²) < 4.78 is 44.1. The number of benzene rings is 2. The van der Waals surface area contributed by atoms with E-state index < -0.39 is 15.9 Å². The third-order valence-corrected chi connectivity index (χ3v) is 6.11. The number of nitrogens with zero attached hydrogens (tertiary/aromatic N) is 1. The molecule has 0 saturated carbocycles. The number of hydrogen-bond donors (Lipinski definition) is 1. The first kappa shape index (κ1) is 22.2. The van der Waals surface area contributed by atoms with E-state index in [1.807, 2.05) is 26.0 Å². The van der Waals surface area contributed by atoms with Gasteiger partial charge in [-0.05, 0) is 63.6 Å². The number of rotatable bonds is 10. The maximum Gasteiger partial charge on any atom is 0.339 e. The molecular formula is C21H30FN2O3S+. The molecule has 0 fully saturated rings. The SMILES string of the molecule is CC[C@H](C)[NH2+]Cc1ccc(N(CC)CC)cc1OS(=O)(=O)c1ccc(F)cc1. The van der Waals surface area contributed by atoms with Crippen LogP contribution in [-0.4, -0.2) is 27.5 Å². The van der Waals surface area contributed by atoms with Gasteiger partial charge in [-0.3, -0.25) is 0 Å². The number of hydrogen-bond acceptors (Lipinski definition) is 4. The standard InChI is InChI=1S/C21H29FN2O3S/c1-5-16(4)23-15-17-8-11-19(24(6-2)7-3)14-21(17)27-28(25,26)20-12-9-18(22)10-13-20/h8-14,16,23H,5-7,15H2,1-4H3/p+1/t16-/m0/s1. The van der Waals surface area contributed by atoms with Crippen LogP contribution in [-0.2, 0) is 16.7 Å². The summed E-state index contributed by atoms with van der Waals surface area (Å²) in [5, 5.41) is 2.16. The highest BCUT2D eigenvalue weighted by molar-refractivity contribution is 7.87. The van der Waals surface area contributed by atoms with Gasteiger partial charge in [-0.25, -0.2) is 4.39 Å². The van der Waals surface area contributed by atoms with Gasteiger partial charge in [0.15, 0.2) is 5.75 Å². The molecule has 7 heteroatoms. The maximum absolute atomic E-state index is 13.1. The normalized spacial score (nSPS) is 12.6. The van der Waals surface area contributed by atoms with Crippen LogP contribution in [0.5, 0.6) is 5.75 Å². The number of anilines is 1. The third kappa shape index (κ3) is 5.69. The van der Waals surface area contributed by atoms with Gasteiger partial charge in [0.25, 0.3) is 0 Å². The van der Waals surface area contributed by atoms with E-state index in [0.29, 0.717) is 18.3 Å². The zero-order valence-corrected chi connectivity index (χ0v) is 17.8. The van der Waals surface area contributed by atoms with Gasteiger partial charge in [-0.1, -0.05) is 6.92 Å². The molecule has 0 aromatic heterocycles. The van der Waals surface area contributed by atoms with Crippen LogP contribution in [0.2, 0.25) is 0 Å². The minimum absolute atomic E-state index is 0.0704. The Balaban J connectivity index is 2.39. The first-order chi connectivity index (χ1) is 13.3. The van der Waals surface area contributed by atoms with Crippen molar-refractivity contribution in [2.24, 2.45) is 0 Å². The van der Waals surface area contributed by atoms with Crippen molar-refractivity contribution in [2.45, 2.75) is 51.6 Å². The molecule has 0 aliphatic carbocycles. The van der Waals surface area contributed by atoms with Gasteiger partial charge in [-0.15, -0.1) is 0 Å². The summed E-state index contributed by atoms with van der Waals surface area (Å²) in [4.78, 5) is 2.05. The summed E-state index contributed by atoms with van der Waals surface area (Å²) in [7, 11) is -4.05. The van der Waals surface area contributed by atoms with Crippen LogP contribution in [0, 0.1) is 5.82 Å². The predicted octanol–water partition coefficient (Wildman–Crippen LogP) is 3.30. The molecule has 2 rings (SSSR count). The van der Waals surface area contributed by atoms with E-state index in [0.717, 1.165) is 42.9 Å². The highest BCUT2D eigenvalue weighted by atomic mass is 32.2. The van der Waals surface area contributed by atoms with E-state index in [1.165, 1.54) is 12.1 Å². The number of quaternary nitrogens is 1. The minimum Gasteiger partial charge on any atom is -0.378 e. The molecular weight excluding hydrogens is 379 g/mol. The van der Waals surface area contributed by atoms with Crippen molar-refractivity contribution >= 4 is 15.8 Å². The summed E-state index contributed by atoms with van der Waals surface area (Å²) in [5.74, 6) is -0.181. The lowest BCUT2D eigenvalue weighted by Crippen LogP contribution is -2.87. The van der Waals surface area contributed by atoms with Gasteiger partial charge in [0.2, 0.25) is 0 Å². The Hall–Kier alpha value is -2.12. The second-order valence-corrected chi connectivity index (χ2v) is 8.33. The van der Waals surface area contributed by atoms with Gasteiger partial charge in [0.1, 0.15) is 17.3 Å². The fourth-order valence-corrected chi connectivity index (χ4v) is 3.79. The van der Waals surface area contributed by atoms with Crippen molar-refractivity contribution in [2.75, 3.05) is 18.0 Å².